The second-order valence-electron chi connectivity index (χ2n) is 6.75. The van der Waals surface area contributed by atoms with Gasteiger partial charge in [0.15, 0.2) is 5.78 Å². The molecule has 0 aromatic heterocycles. The van der Waals surface area contributed by atoms with Crippen molar-refractivity contribution in [2.24, 2.45) is 0 Å². The zero-order chi connectivity index (χ0) is 19.1. The summed E-state index contributed by atoms with van der Waals surface area (Å²) in [6, 6.07) is 12.5. The van der Waals surface area contributed by atoms with Crippen molar-refractivity contribution in [1.29, 1.82) is 0 Å². The molecular formula is C21H16Cl3NO2. The lowest BCUT2D eigenvalue weighted by molar-refractivity contribution is -0.119. The Hall–Kier alpha value is -1.81. The number of allylic oxidation sites excluding steroid dienone is 2. The van der Waals surface area contributed by atoms with Gasteiger partial charge in [-0.1, -0.05) is 53.0 Å². The number of benzene rings is 2. The van der Waals surface area contributed by atoms with E-state index in [2.05, 4.69) is 0 Å². The second kappa shape index (κ2) is 7.31. The fraction of sp³-hybridized carbons (Fsp3) is 0.238. The van der Waals surface area contributed by atoms with E-state index < -0.39 is 0 Å². The highest BCUT2D eigenvalue weighted by Crippen LogP contribution is 2.46. The van der Waals surface area contributed by atoms with E-state index >= 15 is 0 Å². The Morgan fingerprint density at radius 3 is 2.52 bits per heavy atom. The molecule has 0 spiro atoms. The highest BCUT2D eigenvalue weighted by atomic mass is 35.5. The van der Waals surface area contributed by atoms with Crippen molar-refractivity contribution >= 4 is 52.2 Å². The van der Waals surface area contributed by atoms with E-state index in [9.17, 15) is 9.59 Å². The number of carbonyl (C=O) groups is 2. The molecule has 3 nitrogen and oxygen atoms in total. The van der Waals surface area contributed by atoms with Crippen LogP contribution in [0.3, 0.4) is 0 Å². The van der Waals surface area contributed by atoms with Gasteiger partial charge in [-0.25, -0.2) is 0 Å². The van der Waals surface area contributed by atoms with Crippen LogP contribution in [0.5, 0.6) is 0 Å². The molecule has 1 aliphatic heterocycles. The van der Waals surface area contributed by atoms with Crippen molar-refractivity contribution in [2.75, 3.05) is 4.90 Å². The van der Waals surface area contributed by atoms with E-state index in [0.29, 0.717) is 39.2 Å². The predicted octanol–water partition coefficient (Wildman–Crippen LogP) is 6.17. The van der Waals surface area contributed by atoms with Crippen molar-refractivity contribution in [3.8, 4) is 0 Å². The summed E-state index contributed by atoms with van der Waals surface area (Å²) in [5.41, 5.74) is 2.84. The molecular weight excluding hydrogens is 405 g/mol. The molecule has 2 aromatic carbocycles. The minimum Gasteiger partial charge on any atom is -0.294 e. The fourth-order valence-corrected chi connectivity index (χ4v) is 4.59. The number of hydrogen-bond acceptors (Lipinski definition) is 2. The highest BCUT2D eigenvalue weighted by molar-refractivity contribution is 6.42. The van der Waals surface area contributed by atoms with Crippen LogP contribution in [0.1, 0.15) is 37.2 Å². The van der Waals surface area contributed by atoms with Crippen LogP contribution in [0.4, 0.5) is 5.69 Å². The molecule has 2 aromatic rings. The number of rotatable bonds is 2. The zero-order valence-electron chi connectivity index (χ0n) is 14.3. The van der Waals surface area contributed by atoms with Gasteiger partial charge in [0.25, 0.3) is 0 Å². The Balaban J connectivity index is 1.90. The average molecular weight is 421 g/mol. The molecule has 4 rings (SSSR count). The first-order valence-electron chi connectivity index (χ1n) is 8.76. The van der Waals surface area contributed by atoms with Crippen molar-refractivity contribution in [2.45, 2.75) is 31.6 Å². The van der Waals surface area contributed by atoms with Crippen molar-refractivity contribution in [3.05, 3.63) is 74.4 Å². The molecule has 1 heterocycles. The van der Waals surface area contributed by atoms with Gasteiger partial charge in [0.05, 0.1) is 15.7 Å². The van der Waals surface area contributed by atoms with Crippen LogP contribution in [0.2, 0.25) is 15.1 Å². The lowest BCUT2D eigenvalue weighted by Gasteiger charge is -2.38. The Labute approximate surface area is 172 Å². The number of nitrogens with zero attached hydrogens (tertiary/aromatic N) is 1. The summed E-state index contributed by atoms with van der Waals surface area (Å²) in [6.07, 6.45) is 2.02. The molecule has 1 unspecified atom stereocenters. The van der Waals surface area contributed by atoms with Crippen molar-refractivity contribution < 1.29 is 9.59 Å². The van der Waals surface area contributed by atoms with Crippen LogP contribution in [0, 0.1) is 0 Å². The van der Waals surface area contributed by atoms with E-state index in [4.69, 9.17) is 34.8 Å². The Morgan fingerprint density at radius 1 is 0.963 bits per heavy atom. The van der Waals surface area contributed by atoms with Gasteiger partial charge in [0.1, 0.15) is 0 Å². The van der Waals surface area contributed by atoms with Crippen LogP contribution >= 0.6 is 34.8 Å². The predicted molar refractivity (Wildman–Crippen MR) is 109 cm³/mol. The topological polar surface area (TPSA) is 37.4 Å². The number of Topliss-reactive ketones (excluding diaryl/α,β-unsaturated/α-hetero) is 1. The second-order valence-corrected chi connectivity index (χ2v) is 7.97. The van der Waals surface area contributed by atoms with Crippen LogP contribution in [-0.4, -0.2) is 11.7 Å². The minimum absolute atomic E-state index is 0.0665. The van der Waals surface area contributed by atoms with Gasteiger partial charge < -0.3 is 0 Å². The number of hydrogen-bond donors (Lipinski definition) is 0. The smallest absolute Gasteiger partial charge is 0.232 e. The molecule has 0 saturated carbocycles. The average Bonchev–Trinajstić information content (AvgIpc) is 2.63. The maximum atomic E-state index is 13.1. The quantitative estimate of drug-likeness (QED) is 0.582. The van der Waals surface area contributed by atoms with Gasteiger partial charge in [0, 0.05) is 35.1 Å². The molecule has 1 amide bonds. The molecule has 27 heavy (non-hydrogen) atoms. The molecule has 6 heteroatoms. The Bertz CT molecular complexity index is 983. The Kier molecular flexibility index (Phi) is 5.02. The molecule has 0 radical (unpaired) electrons. The summed E-state index contributed by atoms with van der Waals surface area (Å²) in [5.74, 6) is -0.384. The third-order valence-electron chi connectivity index (χ3n) is 5.10. The molecule has 2 aliphatic rings. The summed E-state index contributed by atoms with van der Waals surface area (Å²) in [7, 11) is 0. The lowest BCUT2D eigenvalue weighted by Crippen LogP contribution is -2.40. The van der Waals surface area contributed by atoms with E-state index in [1.807, 2.05) is 12.1 Å². The lowest BCUT2D eigenvalue weighted by atomic mass is 9.77. The molecule has 0 bridgehead atoms. The van der Waals surface area contributed by atoms with Crippen LogP contribution < -0.4 is 4.90 Å². The van der Waals surface area contributed by atoms with Crippen LogP contribution in [0.25, 0.3) is 0 Å². The maximum Gasteiger partial charge on any atom is 0.232 e. The van der Waals surface area contributed by atoms with Gasteiger partial charge in [0.2, 0.25) is 5.91 Å². The van der Waals surface area contributed by atoms with Gasteiger partial charge in [-0.2, -0.15) is 0 Å². The zero-order valence-corrected chi connectivity index (χ0v) is 16.6. The van der Waals surface area contributed by atoms with Crippen molar-refractivity contribution in [1.82, 2.24) is 0 Å². The number of amides is 1. The molecule has 0 fully saturated rings. The highest BCUT2D eigenvalue weighted by Gasteiger charge is 2.40. The van der Waals surface area contributed by atoms with Gasteiger partial charge in [-0.15, -0.1) is 0 Å². The summed E-state index contributed by atoms with van der Waals surface area (Å²) in [4.78, 5) is 27.6. The van der Waals surface area contributed by atoms with Crippen LogP contribution in [0.15, 0.2) is 53.7 Å². The summed E-state index contributed by atoms with van der Waals surface area (Å²) < 4.78 is 0. The number of carbonyl (C=O) groups excluding carboxylic acids is 2. The monoisotopic (exact) mass is 419 g/mol. The molecule has 0 N–H and O–H groups in total. The first-order chi connectivity index (χ1) is 13.0. The first kappa shape index (κ1) is 18.5. The largest absolute Gasteiger partial charge is 0.294 e. The third kappa shape index (κ3) is 3.29. The van der Waals surface area contributed by atoms with Gasteiger partial charge >= 0.3 is 0 Å². The number of anilines is 1. The number of halogens is 3. The Morgan fingerprint density at radius 2 is 1.74 bits per heavy atom. The van der Waals surface area contributed by atoms with Crippen LogP contribution in [-0.2, 0) is 9.59 Å². The fourth-order valence-electron chi connectivity index (χ4n) is 3.96. The molecule has 1 atom stereocenters. The number of ketones is 1. The summed E-state index contributed by atoms with van der Waals surface area (Å²) in [5, 5.41) is 1.37. The molecule has 1 aliphatic carbocycles. The summed E-state index contributed by atoms with van der Waals surface area (Å²) in [6.45, 7) is 0. The first-order valence-corrected chi connectivity index (χ1v) is 9.89. The standard InChI is InChI=1S/C21H16Cl3NO2/c22-12-4-1-5-13(10-12)25-17-8-3-9-18(26)20(17)15(11-19(25)27)14-6-2-7-16(23)21(14)24/h1-2,4-7,10,15H,3,8-9,11H2. The van der Waals surface area contributed by atoms with Crippen molar-refractivity contribution in [3.63, 3.8) is 0 Å². The molecule has 138 valence electrons. The minimum atomic E-state index is -0.373. The summed E-state index contributed by atoms with van der Waals surface area (Å²) >= 11 is 18.7. The molecule has 0 saturated heterocycles. The van der Waals surface area contributed by atoms with Gasteiger partial charge in [-0.05, 0) is 42.7 Å². The normalized spacial score (nSPS) is 20.1. The SMILES string of the molecule is O=C1CCCC2=C1C(c1cccc(Cl)c1Cl)CC(=O)N2c1cccc(Cl)c1. The van der Waals surface area contributed by atoms with E-state index in [0.717, 1.165) is 17.7 Å². The van der Waals surface area contributed by atoms with E-state index in [1.165, 1.54) is 0 Å². The van der Waals surface area contributed by atoms with E-state index in [1.54, 1.807) is 35.2 Å². The maximum absolute atomic E-state index is 13.1. The third-order valence-corrected chi connectivity index (χ3v) is 6.17. The van der Waals surface area contributed by atoms with E-state index in [-0.39, 0.29) is 24.0 Å². The van der Waals surface area contributed by atoms with Gasteiger partial charge in [-0.3, -0.25) is 14.5 Å².